The van der Waals surface area contributed by atoms with Gasteiger partial charge in [-0.2, -0.15) is 0 Å². The molecule has 102 valence electrons. The molecule has 2 aromatic carbocycles. The Morgan fingerprint density at radius 3 is 1.42 bits per heavy atom. The third kappa shape index (κ3) is 9.78. The molecule has 0 aromatic heterocycles. The van der Waals surface area contributed by atoms with Crippen molar-refractivity contribution in [1.29, 1.82) is 5.39 Å². The van der Waals surface area contributed by atoms with E-state index in [1.807, 2.05) is 36.4 Å². The van der Waals surface area contributed by atoms with Gasteiger partial charge in [0.15, 0.2) is 0 Å². The van der Waals surface area contributed by atoms with E-state index in [2.05, 4.69) is 31.2 Å². The van der Waals surface area contributed by atoms with Crippen LogP contribution in [-0.2, 0) is 13.0 Å². The van der Waals surface area contributed by atoms with Gasteiger partial charge >= 0.3 is 0 Å². The van der Waals surface area contributed by atoms with Crippen molar-refractivity contribution < 1.29 is 17.8 Å². The number of diazo groups is 1. The Kier molecular flexibility index (Phi) is 14.5. The summed E-state index contributed by atoms with van der Waals surface area (Å²) in [5, 5.41) is 11.0. The highest BCUT2D eigenvalue weighted by Gasteiger charge is 1.80. The molecule has 0 bridgehead atoms. The standard InChI is InChI=1S/C8H10.C7H9N.ClH.N2/c1-2-8-6-4-3-5-7-8;8-6-7-4-2-1-3-5-7;;1-2/h3-7H,2H2,1H3;1-5H,6,8H2;1H;. The van der Waals surface area contributed by atoms with Crippen molar-refractivity contribution in [3.8, 4) is 0 Å². The summed E-state index contributed by atoms with van der Waals surface area (Å²) in [6.07, 6.45) is 1.14. The molecule has 0 saturated heterocycles. The first-order chi connectivity index (χ1) is 8.86. The second-order valence-corrected chi connectivity index (χ2v) is 3.53. The van der Waals surface area contributed by atoms with Crippen molar-refractivity contribution in [1.82, 2.24) is 0 Å². The van der Waals surface area contributed by atoms with Gasteiger partial charge in [-0.1, -0.05) is 67.6 Å². The van der Waals surface area contributed by atoms with Crippen LogP contribution < -0.4 is 23.5 Å². The molecule has 0 saturated carbocycles. The van der Waals surface area contributed by atoms with Gasteiger partial charge < -0.3 is 18.1 Å². The van der Waals surface area contributed by atoms with Gasteiger partial charge in [0.05, 0.1) is 5.39 Å². The van der Waals surface area contributed by atoms with E-state index in [0.29, 0.717) is 6.54 Å². The summed E-state index contributed by atoms with van der Waals surface area (Å²) in [5.74, 6) is 0. The number of hydrogen-bond donors (Lipinski definition) is 2. The van der Waals surface area contributed by atoms with Crippen LogP contribution in [0.5, 0.6) is 0 Å². The highest BCUT2D eigenvalue weighted by molar-refractivity contribution is 5.14. The lowest BCUT2D eigenvalue weighted by atomic mass is 10.2. The first kappa shape index (κ1) is 19.4. The molecular weight excluding hydrogens is 258 g/mol. The Morgan fingerprint density at radius 1 is 0.842 bits per heavy atom. The zero-order valence-corrected chi connectivity index (χ0v) is 11.8. The number of nitrogens with one attached hydrogen (secondary N) is 1. The first-order valence-electron chi connectivity index (χ1n) is 5.87. The molecule has 2 rings (SSSR count). The predicted octanol–water partition coefficient (Wildman–Crippen LogP) is -1.32. The monoisotopic (exact) mass is 277 g/mol. The fraction of sp³-hybridized carbons (Fsp3) is 0.200. The van der Waals surface area contributed by atoms with Gasteiger partial charge in [-0.3, -0.25) is 0 Å². The van der Waals surface area contributed by atoms with Gasteiger partial charge in [0, 0.05) is 6.54 Å². The molecule has 3 nitrogen and oxygen atoms in total. The number of nitrogens with zero attached hydrogens (tertiary/aromatic N) is 1. The van der Waals surface area contributed by atoms with E-state index >= 15 is 0 Å². The van der Waals surface area contributed by atoms with Crippen molar-refractivity contribution in [2.75, 3.05) is 0 Å². The van der Waals surface area contributed by atoms with Crippen LogP contribution in [0.1, 0.15) is 18.1 Å². The third-order valence-electron chi connectivity index (χ3n) is 2.33. The molecule has 3 N–H and O–H groups in total. The van der Waals surface area contributed by atoms with Crippen molar-refractivity contribution >= 4 is 0 Å². The Labute approximate surface area is 121 Å². The maximum atomic E-state index is 6.25. The van der Waals surface area contributed by atoms with Gasteiger partial charge in [-0.05, 0) is 17.5 Å². The minimum atomic E-state index is 0. The molecule has 0 atom stereocenters. The van der Waals surface area contributed by atoms with Crippen molar-refractivity contribution in [3.63, 3.8) is 0 Å². The lowest BCUT2D eigenvalue weighted by Gasteiger charge is -1.90. The fourth-order valence-electron chi connectivity index (χ4n) is 1.33. The number of halogens is 1. The molecule has 2 aromatic rings. The summed E-state index contributed by atoms with van der Waals surface area (Å²) >= 11 is 0. The van der Waals surface area contributed by atoms with Crippen LogP contribution in [0.15, 0.2) is 60.7 Å². The van der Waals surface area contributed by atoms with E-state index in [0.717, 1.165) is 6.42 Å². The predicted molar refractivity (Wildman–Crippen MR) is 72.8 cm³/mol. The van der Waals surface area contributed by atoms with Gasteiger partial charge in [0.1, 0.15) is 0 Å². The number of nitrogens with two attached hydrogens (primary N) is 1. The summed E-state index contributed by atoms with van der Waals surface area (Å²) in [7, 11) is 0. The molecular formula is C15H20ClN3. The largest absolute Gasteiger partial charge is 1.00 e. The molecule has 0 fully saturated rings. The molecule has 0 heterocycles. The molecule has 0 aliphatic carbocycles. The normalized spacial score (nSPS) is 7.79. The van der Waals surface area contributed by atoms with E-state index in [1.54, 1.807) is 0 Å². The van der Waals surface area contributed by atoms with E-state index in [9.17, 15) is 0 Å². The number of hydrogen-bond acceptors (Lipinski definition) is 2. The Morgan fingerprint density at radius 2 is 1.21 bits per heavy atom. The van der Waals surface area contributed by atoms with Gasteiger partial charge in [-0.15, -0.1) is 0 Å². The molecule has 19 heavy (non-hydrogen) atoms. The molecule has 0 unspecified atom stereocenters. The summed E-state index contributed by atoms with van der Waals surface area (Å²) < 4.78 is 0. The van der Waals surface area contributed by atoms with E-state index in [4.69, 9.17) is 16.5 Å². The van der Waals surface area contributed by atoms with Crippen LogP contribution in [0.3, 0.4) is 0 Å². The molecule has 0 radical (unpaired) electrons. The van der Waals surface area contributed by atoms with Crippen LogP contribution in [0.2, 0.25) is 0 Å². The molecule has 4 heteroatoms. The average molecular weight is 278 g/mol. The molecule has 0 aliphatic rings. The topological polar surface area (TPSA) is 73.6 Å². The van der Waals surface area contributed by atoms with E-state index in [1.165, 1.54) is 11.1 Å². The van der Waals surface area contributed by atoms with E-state index in [-0.39, 0.29) is 12.4 Å². The molecule has 0 spiro atoms. The van der Waals surface area contributed by atoms with Gasteiger partial charge in [0.2, 0.25) is 5.39 Å². The summed E-state index contributed by atoms with van der Waals surface area (Å²) in [6.45, 7) is 2.80. The minimum Gasteiger partial charge on any atom is -1.00 e. The zero-order valence-electron chi connectivity index (χ0n) is 11.1. The molecule has 0 aliphatic heterocycles. The summed E-state index contributed by atoms with van der Waals surface area (Å²) in [4.78, 5) is 0. The maximum Gasteiger partial charge on any atom is 0.212 e. The Hall–Kier alpha value is -1.89. The van der Waals surface area contributed by atoms with Crippen LogP contribution >= 0.6 is 0 Å². The minimum absolute atomic E-state index is 0. The second-order valence-electron chi connectivity index (χ2n) is 3.53. The van der Waals surface area contributed by atoms with Crippen LogP contribution in [-0.4, -0.2) is 0 Å². The zero-order chi connectivity index (χ0) is 13.6. The highest BCUT2D eigenvalue weighted by Crippen LogP contribution is 1.97. The average Bonchev–Trinajstić information content (AvgIpc) is 2.51. The smallest absolute Gasteiger partial charge is 0.212 e. The highest BCUT2D eigenvalue weighted by atomic mass is 35.5. The first-order valence-corrected chi connectivity index (χ1v) is 5.87. The maximum absolute atomic E-state index is 6.25. The number of rotatable bonds is 2. The van der Waals surface area contributed by atoms with Gasteiger partial charge in [-0.25, -0.2) is 0 Å². The molecule has 0 amide bonds. The summed E-state index contributed by atoms with van der Waals surface area (Å²) in [6, 6.07) is 20.4. The van der Waals surface area contributed by atoms with Crippen LogP contribution in [0.25, 0.3) is 0 Å². The van der Waals surface area contributed by atoms with Crippen LogP contribution in [0, 0.1) is 5.39 Å². The quantitative estimate of drug-likeness (QED) is 0.668. The lowest BCUT2D eigenvalue weighted by Crippen LogP contribution is -3.00. The second kappa shape index (κ2) is 14.2. The van der Waals surface area contributed by atoms with Crippen molar-refractivity contribution in [3.05, 3.63) is 71.8 Å². The van der Waals surface area contributed by atoms with E-state index < -0.39 is 0 Å². The Bertz CT molecular complexity index is 376. The number of benzene rings is 2. The SMILES string of the molecule is CCc1ccccc1.N#[NH+].NCc1ccccc1.[Cl-]. The fourth-order valence-corrected chi connectivity index (χ4v) is 1.33. The lowest BCUT2D eigenvalue weighted by molar-refractivity contribution is -0.175. The number of aryl methyl sites for hydroxylation is 1. The van der Waals surface area contributed by atoms with Gasteiger partial charge in [0.25, 0.3) is 0 Å². The van der Waals surface area contributed by atoms with Crippen molar-refractivity contribution in [2.45, 2.75) is 19.9 Å². The summed E-state index contributed by atoms with van der Waals surface area (Å²) in [5.41, 5.74) is 7.95. The Balaban J connectivity index is 0. The van der Waals surface area contributed by atoms with Crippen molar-refractivity contribution in [2.24, 2.45) is 5.73 Å². The van der Waals surface area contributed by atoms with Crippen LogP contribution in [0.4, 0.5) is 0 Å². The third-order valence-corrected chi connectivity index (χ3v) is 2.33.